The van der Waals surface area contributed by atoms with Gasteiger partial charge in [0.2, 0.25) is 0 Å². The standard InChI is InChI=1S/C27H31NO3/c1-3-30-27(29)18-31-24-11-6-10-21(17-24)22-14-15-23(16-22)28-19(2)25-13-7-9-20-8-4-5-12-26(20)25/h4-13,17,19,22-23,28H,3,14-16,18H2,1-2H3. The molecule has 4 nitrogen and oxygen atoms in total. The van der Waals surface area contributed by atoms with Gasteiger partial charge in [0.15, 0.2) is 6.61 Å². The number of carbonyl (C=O) groups is 1. The number of hydrogen-bond donors (Lipinski definition) is 1. The Balaban J connectivity index is 1.37. The van der Waals surface area contributed by atoms with Crippen LogP contribution in [0, 0.1) is 0 Å². The summed E-state index contributed by atoms with van der Waals surface area (Å²) in [6.07, 6.45) is 3.42. The maximum Gasteiger partial charge on any atom is 0.344 e. The van der Waals surface area contributed by atoms with E-state index in [1.54, 1.807) is 6.92 Å². The number of carbonyl (C=O) groups excluding carboxylic acids is 1. The van der Waals surface area contributed by atoms with Crippen LogP contribution in [0.4, 0.5) is 0 Å². The van der Waals surface area contributed by atoms with Crippen LogP contribution in [0.2, 0.25) is 0 Å². The molecule has 0 heterocycles. The fourth-order valence-corrected chi connectivity index (χ4v) is 4.71. The zero-order valence-corrected chi connectivity index (χ0v) is 18.3. The Hall–Kier alpha value is -2.85. The second kappa shape index (κ2) is 9.97. The van der Waals surface area contributed by atoms with Crippen molar-refractivity contribution in [3.63, 3.8) is 0 Å². The first kappa shape index (κ1) is 21.4. The van der Waals surface area contributed by atoms with Crippen molar-refractivity contribution in [1.29, 1.82) is 0 Å². The van der Waals surface area contributed by atoms with Crippen molar-refractivity contribution in [2.45, 2.75) is 51.1 Å². The Morgan fingerprint density at radius 2 is 1.87 bits per heavy atom. The lowest BCUT2D eigenvalue weighted by Gasteiger charge is -2.21. The van der Waals surface area contributed by atoms with Crippen molar-refractivity contribution in [1.82, 2.24) is 5.32 Å². The van der Waals surface area contributed by atoms with Crippen molar-refractivity contribution in [2.24, 2.45) is 0 Å². The molecular weight excluding hydrogens is 386 g/mol. The molecule has 0 aliphatic heterocycles. The van der Waals surface area contributed by atoms with Crippen molar-refractivity contribution < 1.29 is 14.3 Å². The van der Waals surface area contributed by atoms with Gasteiger partial charge in [0.25, 0.3) is 0 Å². The minimum absolute atomic E-state index is 0.0469. The molecule has 0 bridgehead atoms. The molecule has 31 heavy (non-hydrogen) atoms. The largest absolute Gasteiger partial charge is 0.482 e. The van der Waals surface area contributed by atoms with Gasteiger partial charge in [0, 0.05) is 12.1 Å². The third-order valence-corrected chi connectivity index (χ3v) is 6.20. The van der Waals surface area contributed by atoms with Crippen LogP contribution in [0.25, 0.3) is 10.8 Å². The molecule has 162 valence electrons. The highest BCUT2D eigenvalue weighted by atomic mass is 16.6. The number of rotatable bonds is 8. The molecule has 1 fully saturated rings. The molecule has 3 unspecified atom stereocenters. The minimum Gasteiger partial charge on any atom is -0.482 e. The van der Waals surface area contributed by atoms with Gasteiger partial charge >= 0.3 is 5.97 Å². The SMILES string of the molecule is CCOC(=O)COc1cccc(C2CCC(NC(C)c3cccc4ccccc34)C2)c1. The van der Waals surface area contributed by atoms with Gasteiger partial charge < -0.3 is 14.8 Å². The normalized spacial score (nSPS) is 19.3. The first-order valence-electron chi connectivity index (χ1n) is 11.3. The summed E-state index contributed by atoms with van der Waals surface area (Å²) in [7, 11) is 0. The number of fused-ring (bicyclic) bond motifs is 1. The second-order valence-electron chi connectivity index (χ2n) is 8.33. The molecule has 1 saturated carbocycles. The van der Waals surface area contributed by atoms with Gasteiger partial charge in [-0.3, -0.25) is 0 Å². The van der Waals surface area contributed by atoms with Crippen LogP contribution in [-0.4, -0.2) is 25.2 Å². The highest BCUT2D eigenvalue weighted by Crippen LogP contribution is 2.37. The lowest BCUT2D eigenvalue weighted by atomic mass is 9.96. The summed E-state index contributed by atoms with van der Waals surface area (Å²) in [6.45, 7) is 4.38. The molecule has 4 heteroatoms. The van der Waals surface area contributed by atoms with Crippen LogP contribution in [0.3, 0.4) is 0 Å². The summed E-state index contributed by atoms with van der Waals surface area (Å²) >= 11 is 0. The van der Waals surface area contributed by atoms with Gasteiger partial charge in [-0.25, -0.2) is 4.79 Å². The van der Waals surface area contributed by atoms with E-state index in [2.05, 4.69) is 66.8 Å². The van der Waals surface area contributed by atoms with E-state index in [9.17, 15) is 4.79 Å². The first-order chi connectivity index (χ1) is 15.1. The van der Waals surface area contributed by atoms with Crippen LogP contribution in [-0.2, 0) is 9.53 Å². The number of esters is 1. The quantitative estimate of drug-likeness (QED) is 0.473. The molecule has 0 spiro atoms. The summed E-state index contributed by atoms with van der Waals surface area (Å²) in [5.74, 6) is 0.898. The summed E-state index contributed by atoms with van der Waals surface area (Å²) < 4.78 is 10.6. The fraction of sp³-hybridized carbons (Fsp3) is 0.370. The molecule has 4 rings (SSSR count). The van der Waals surface area contributed by atoms with Gasteiger partial charge in [0.1, 0.15) is 5.75 Å². The maximum absolute atomic E-state index is 11.5. The molecule has 0 radical (unpaired) electrons. The van der Waals surface area contributed by atoms with E-state index in [1.165, 1.54) is 21.9 Å². The summed E-state index contributed by atoms with van der Waals surface area (Å²) in [5.41, 5.74) is 2.64. The summed E-state index contributed by atoms with van der Waals surface area (Å²) in [5, 5.41) is 6.48. The van der Waals surface area contributed by atoms with Gasteiger partial charge in [0.05, 0.1) is 6.61 Å². The molecule has 0 aromatic heterocycles. The minimum atomic E-state index is -0.333. The lowest BCUT2D eigenvalue weighted by Crippen LogP contribution is -2.29. The molecule has 3 aromatic carbocycles. The lowest BCUT2D eigenvalue weighted by molar-refractivity contribution is -0.145. The Morgan fingerprint density at radius 3 is 2.74 bits per heavy atom. The zero-order valence-electron chi connectivity index (χ0n) is 18.3. The fourth-order valence-electron chi connectivity index (χ4n) is 4.71. The van der Waals surface area contributed by atoms with E-state index >= 15 is 0 Å². The van der Waals surface area contributed by atoms with Crippen molar-refractivity contribution in [3.05, 3.63) is 77.9 Å². The van der Waals surface area contributed by atoms with Crippen LogP contribution in [0.1, 0.15) is 56.2 Å². The number of ether oxygens (including phenoxy) is 2. The molecule has 1 N–H and O–H groups in total. The number of nitrogens with one attached hydrogen (secondary N) is 1. The Labute approximate surface area is 184 Å². The highest BCUT2D eigenvalue weighted by molar-refractivity contribution is 5.86. The van der Waals surface area contributed by atoms with Gasteiger partial charge in [-0.05, 0) is 73.1 Å². The van der Waals surface area contributed by atoms with E-state index < -0.39 is 0 Å². The van der Waals surface area contributed by atoms with Crippen molar-refractivity contribution >= 4 is 16.7 Å². The Morgan fingerprint density at radius 1 is 1.06 bits per heavy atom. The molecule has 3 aromatic rings. The predicted octanol–water partition coefficient (Wildman–Crippen LogP) is 5.77. The van der Waals surface area contributed by atoms with Crippen LogP contribution >= 0.6 is 0 Å². The molecule has 0 saturated heterocycles. The van der Waals surface area contributed by atoms with E-state index in [4.69, 9.17) is 9.47 Å². The van der Waals surface area contributed by atoms with Gasteiger partial charge in [-0.1, -0.05) is 54.6 Å². The van der Waals surface area contributed by atoms with E-state index in [1.807, 2.05) is 12.1 Å². The van der Waals surface area contributed by atoms with Gasteiger partial charge in [-0.15, -0.1) is 0 Å². The average Bonchev–Trinajstić information content (AvgIpc) is 3.26. The molecule has 0 amide bonds. The van der Waals surface area contributed by atoms with Crippen LogP contribution in [0.5, 0.6) is 5.75 Å². The van der Waals surface area contributed by atoms with Crippen LogP contribution in [0.15, 0.2) is 66.7 Å². The predicted molar refractivity (Wildman–Crippen MR) is 124 cm³/mol. The maximum atomic E-state index is 11.5. The smallest absolute Gasteiger partial charge is 0.344 e. The topological polar surface area (TPSA) is 47.6 Å². The average molecular weight is 418 g/mol. The molecule has 1 aliphatic rings. The monoisotopic (exact) mass is 417 g/mol. The third kappa shape index (κ3) is 5.26. The summed E-state index contributed by atoms with van der Waals surface area (Å²) in [4.78, 5) is 11.5. The first-order valence-corrected chi connectivity index (χ1v) is 11.3. The molecular formula is C27H31NO3. The third-order valence-electron chi connectivity index (χ3n) is 6.20. The van der Waals surface area contributed by atoms with E-state index in [0.717, 1.165) is 25.0 Å². The van der Waals surface area contributed by atoms with E-state index in [-0.39, 0.29) is 12.6 Å². The molecule has 1 aliphatic carbocycles. The zero-order chi connectivity index (χ0) is 21.6. The van der Waals surface area contributed by atoms with Crippen molar-refractivity contribution in [2.75, 3.05) is 13.2 Å². The van der Waals surface area contributed by atoms with Gasteiger partial charge in [-0.2, -0.15) is 0 Å². The van der Waals surface area contributed by atoms with Crippen molar-refractivity contribution in [3.8, 4) is 5.75 Å². The molecule has 3 atom stereocenters. The summed E-state index contributed by atoms with van der Waals surface area (Å²) in [6, 6.07) is 24.1. The number of benzene rings is 3. The highest BCUT2D eigenvalue weighted by Gasteiger charge is 2.27. The van der Waals surface area contributed by atoms with E-state index in [0.29, 0.717) is 24.6 Å². The Bertz CT molecular complexity index is 1030. The Kier molecular flexibility index (Phi) is 6.88. The number of hydrogen-bond acceptors (Lipinski definition) is 4. The second-order valence-corrected chi connectivity index (χ2v) is 8.33. The van der Waals surface area contributed by atoms with Crippen LogP contribution < -0.4 is 10.1 Å².